The van der Waals surface area contributed by atoms with Gasteiger partial charge in [-0.3, -0.25) is 0 Å². The van der Waals surface area contributed by atoms with Crippen LogP contribution in [0.5, 0.6) is 5.75 Å². The average Bonchev–Trinajstić information content (AvgIpc) is 2.59. The van der Waals surface area contributed by atoms with E-state index >= 15 is 0 Å². The molecule has 2 aromatic carbocycles. The van der Waals surface area contributed by atoms with Gasteiger partial charge in [-0.15, -0.1) is 0 Å². The number of rotatable bonds is 7. The van der Waals surface area contributed by atoms with Gasteiger partial charge in [-0.05, 0) is 24.1 Å². The molecule has 0 spiro atoms. The fourth-order valence-corrected chi connectivity index (χ4v) is 2.40. The highest BCUT2D eigenvalue weighted by Crippen LogP contribution is 2.21. The lowest BCUT2D eigenvalue weighted by Gasteiger charge is -2.17. The molecule has 1 unspecified atom stereocenters. The third-order valence-electron chi connectivity index (χ3n) is 3.67. The molecule has 5 nitrogen and oxygen atoms in total. The average molecular weight is 332 g/mol. The summed E-state index contributed by atoms with van der Waals surface area (Å²) in [5.41, 5.74) is 1.38. The van der Waals surface area contributed by atoms with E-state index in [-0.39, 0.29) is 18.3 Å². The highest BCUT2D eigenvalue weighted by Gasteiger charge is 2.13. The molecule has 6 heteroatoms. The normalized spacial score (nSPS) is 11.6. The van der Waals surface area contributed by atoms with Crippen molar-refractivity contribution in [2.75, 3.05) is 25.6 Å². The van der Waals surface area contributed by atoms with Crippen molar-refractivity contribution in [1.82, 2.24) is 5.32 Å². The van der Waals surface area contributed by atoms with E-state index in [1.165, 1.54) is 19.2 Å². The van der Waals surface area contributed by atoms with E-state index in [1.807, 2.05) is 30.3 Å². The number of halogens is 1. The standard InChI is InChI=1S/C18H21FN2O3/c1-24-17-8-7-15(11-16(17)19)21-18(23)20-12-14(9-10-22)13-5-3-2-4-6-13/h2-8,11,14,22H,9-10,12H2,1H3,(H2,20,21,23). The fraction of sp³-hybridized carbons (Fsp3) is 0.278. The van der Waals surface area contributed by atoms with Crippen molar-refractivity contribution in [1.29, 1.82) is 0 Å². The number of hydrogen-bond acceptors (Lipinski definition) is 3. The monoisotopic (exact) mass is 332 g/mol. The van der Waals surface area contributed by atoms with Gasteiger partial charge in [0.1, 0.15) is 0 Å². The number of carbonyl (C=O) groups is 1. The quantitative estimate of drug-likeness (QED) is 0.729. The van der Waals surface area contributed by atoms with E-state index in [1.54, 1.807) is 6.07 Å². The second-order valence-corrected chi connectivity index (χ2v) is 5.30. The summed E-state index contributed by atoms with van der Waals surface area (Å²) in [5, 5.41) is 14.5. The van der Waals surface area contributed by atoms with Crippen molar-refractivity contribution in [2.45, 2.75) is 12.3 Å². The van der Waals surface area contributed by atoms with Gasteiger partial charge in [-0.1, -0.05) is 30.3 Å². The molecule has 2 rings (SSSR count). The molecule has 0 aromatic heterocycles. The maximum absolute atomic E-state index is 13.6. The first-order chi connectivity index (χ1) is 11.6. The number of urea groups is 1. The Morgan fingerprint density at radius 2 is 2.00 bits per heavy atom. The summed E-state index contributed by atoms with van der Waals surface area (Å²) in [7, 11) is 1.38. The summed E-state index contributed by atoms with van der Waals surface area (Å²) in [4.78, 5) is 12.0. The Balaban J connectivity index is 1.92. The second kappa shape index (κ2) is 8.88. The summed E-state index contributed by atoms with van der Waals surface area (Å²) >= 11 is 0. The molecule has 24 heavy (non-hydrogen) atoms. The van der Waals surface area contributed by atoms with E-state index in [0.717, 1.165) is 5.56 Å². The van der Waals surface area contributed by atoms with E-state index < -0.39 is 11.8 Å². The molecule has 128 valence electrons. The zero-order valence-electron chi connectivity index (χ0n) is 13.5. The lowest BCUT2D eigenvalue weighted by molar-refractivity contribution is 0.248. The zero-order chi connectivity index (χ0) is 17.4. The Morgan fingerprint density at radius 1 is 1.25 bits per heavy atom. The van der Waals surface area contributed by atoms with Crippen molar-refractivity contribution in [2.24, 2.45) is 0 Å². The highest BCUT2D eigenvalue weighted by molar-refractivity contribution is 5.89. The van der Waals surface area contributed by atoms with Crippen LogP contribution in [0.15, 0.2) is 48.5 Å². The summed E-state index contributed by atoms with van der Waals surface area (Å²) in [5.74, 6) is -0.416. The van der Waals surface area contributed by atoms with Gasteiger partial charge in [0.2, 0.25) is 0 Å². The van der Waals surface area contributed by atoms with Crippen molar-refractivity contribution >= 4 is 11.7 Å². The smallest absolute Gasteiger partial charge is 0.319 e. The zero-order valence-corrected chi connectivity index (χ0v) is 13.5. The SMILES string of the molecule is COc1ccc(NC(=O)NCC(CCO)c2ccccc2)cc1F. The number of aliphatic hydroxyl groups excluding tert-OH is 1. The molecular weight excluding hydrogens is 311 g/mol. The molecule has 2 aromatic rings. The Kier molecular flexibility index (Phi) is 6.57. The maximum atomic E-state index is 13.6. The van der Waals surface area contributed by atoms with E-state index in [0.29, 0.717) is 18.7 Å². The van der Waals surface area contributed by atoms with Crippen molar-refractivity contribution in [3.05, 3.63) is 59.9 Å². The Hall–Kier alpha value is -2.60. The molecule has 2 amide bonds. The van der Waals surface area contributed by atoms with E-state index in [4.69, 9.17) is 4.74 Å². The minimum atomic E-state index is -0.544. The van der Waals surface area contributed by atoms with Gasteiger partial charge in [0, 0.05) is 30.8 Å². The third kappa shape index (κ3) is 4.96. The molecule has 0 aliphatic rings. The van der Waals surface area contributed by atoms with E-state index in [9.17, 15) is 14.3 Å². The first-order valence-corrected chi connectivity index (χ1v) is 7.68. The first kappa shape index (κ1) is 17.7. The number of carbonyl (C=O) groups excluding carboxylic acids is 1. The predicted octanol–water partition coefficient (Wildman–Crippen LogP) is 3.12. The Morgan fingerprint density at radius 3 is 2.62 bits per heavy atom. The van der Waals surface area contributed by atoms with Gasteiger partial charge in [0.25, 0.3) is 0 Å². The first-order valence-electron chi connectivity index (χ1n) is 7.68. The molecule has 0 heterocycles. The number of anilines is 1. The van der Waals surface area contributed by atoms with Crippen LogP contribution in [0.4, 0.5) is 14.9 Å². The van der Waals surface area contributed by atoms with Gasteiger partial charge in [0.15, 0.2) is 11.6 Å². The van der Waals surface area contributed by atoms with Crippen LogP contribution in [0.1, 0.15) is 17.9 Å². The number of hydrogen-bond donors (Lipinski definition) is 3. The Bertz CT molecular complexity index is 665. The Labute approximate surface area is 140 Å². The topological polar surface area (TPSA) is 70.6 Å². The van der Waals surface area contributed by atoms with Gasteiger partial charge < -0.3 is 20.5 Å². The van der Waals surface area contributed by atoms with Crippen molar-refractivity contribution in [3.8, 4) is 5.75 Å². The van der Waals surface area contributed by atoms with Crippen LogP contribution in [0, 0.1) is 5.82 Å². The van der Waals surface area contributed by atoms with Crippen molar-refractivity contribution < 1.29 is 19.0 Å². The van der Waals surface area contributed by atoms with E-state index in [2.05, 4.69) is 10.6 Å². The number of benzene rings is 2. The molecular formula is C18H21FN2O3. The van der Waals surface area contributed by atoms with Crippen LogP contribution in [0.25, 0.3) is 0 Å². The minimum Gasteiger partial charge on any atom is -0.494 e. The maximum Gasteiger partial charge on any atom is 0.319 e. The summed E-state index contributed by atoms with van der Waals surface area (Å²) in [6.45, 7) is 0.404. The van der Waals surface area contributed by atoms with Gasteiger partial charge >= 0.3 is 6.03 Å². The summed E-state index contributed by atoms with van der Waals surface area (Å²) < 4.78 is 18.4. The molecule has 1 atom stereocenters. The second-order valence-electron chi connectivity index (χ2n) is 5.30. The highest BCUT2D eigenvalue weighted by atomic mass is 19.1. The molecule has 0 saturated carbocycles. The molecule has 0 aliphatic carbocycles. The largest absolute Gasteiger partial charge is 0.494 e. The number of methoxy groups -OCH3 is 1. The predicted molar refractivity (Wildman–Crippen MR) is 90.9 cm³/mol. The number of aliphatic hydroxyl groups is 1. The van der Waals surface area contributed by atoms with Gasteiger partial charge in [-0.2, -0.15) is 0 Å². The fourth-order valence-electron chi connectivity index (χ4n) is 2.40. The molecule has 0 bridgehead atoms. The van der Waals surface area contributed by atoms with Gasteiger partial charge in [0.05, 0.1) is 7.11 Å². The molecule has 3 N–H and O–H groups in total. The van der Waals surface area contributed by atoms with Crippen LogP contribution in [0.2, 0.25) is 0 Å². The van der Waals surface area contributed by atoms with Crippen LogP contribution in [0.3, 0.4) is 0 Å². The van der Waals surface area contributed by atoms with Gasteiger partial charge in [-0.25, -0.2) is 9.18 Å². The molecule has 0 fully saturated rings. The summed E-state index contributed by atoms with van der Waals surface area (Å²) in [6.07, 6.45) is 0.543. The third-order valence-corrected chi connectivity index (χ3v) is 3.67. The lowest BCUT2D eigenvalue weighted by Crippen LogP contribution is -2.32. The lowest BCUT2D eigenvalue weighted by atomic mass is 9.96. The number of ether oxygens (including phenoxy) is 1. The number of amides is 2. The van der Waals surface area contributed by atoms with Crippen LogP contribution in [-0.2, 0) is 0 Å². The minimum absolute atomic E-state index is 0.00885. The summed E-state index contributed by atoms with van der Waals surface area (Å²) in [6, 6.07) is 13.4. The van der Waals surface area contributed by atoms with Crippen LogP contribution >= 0.6 is 0 Å². The number of nitrogens with one attached hydrogen (secondary N) is 2. The van der Waals surface area contributed by atoms with Crippen molar-refractivity contribution in [3.63, 3.8) is 0 Å². The molecule has 0 aliphatic heterocycles. The van der Waals surface area contributed by atoms with Crippen LogP contribution in [-0.4, -0.2) is 31.4 Å². The molecule has 0 radical (unpaired) electrons. The van der Waals surface area contributed by atoms with Crippen LogP contribution < -0.4 is 15.4 Å². The molecule has 0 saturated heterocycles.